The quantitative estimate of drug-likeness (QED) is 0.171. The molecule has 1 aliphatic heterocycles. The Morgan fingerprint density at radius 3 is 2.18 bits per heavy atom. The maximum atomic E-state index is 14.9. The number of alkyl carbamates (subject to hydrolysis) is 1. The van der Waals surface area contributed by atoms with E-state index in [1.807, 2.05) is 0 Å². The van der Waals surface area contributed by atoms with E-state index in [2.05, 4.69) is 5.32 Å². The molecule has 4 aliphatic carbocycles. The molecule has 1 spiro atoms. The minimum Gasteiger partial charge on any atom is -0.456 e. The molecule has 3 saturated carbocycles. The van der Waals surface area contributed by atoms with Crippen molar-refractivity contribution in [1.82, 2.24) is 5.32 Å². The van der Waals surface area contributed by atoms with Gasteiger partial charge in [0.15, 0.2) is 17.5 Å². The molecule has 1 amide bonds. The predicted molar refractivity (Wildman–Crippen MR) is 200 cm³/mol. The van der Waals surface area contributed by atoms with Gasteiger partial charge in [0, 0.05) is 24.2 Å². The molecule has 1 saturated heterocycles. The van der Waals surface area contributed by atoms with Gasteiger partial charge in [-0.05, 0) is 75.3 Å². The smallest absolute Gasteiger partial charge is 0.408 e. The van der Waals surface area contributed by atoms with E-state index >= 15 is 0 Å². The SMILES string of the molecule is CC(=O)O[C@@]12CO[C@@H]1CC1C[C@@]13C(=O)[C@H](O)C1=C(C)[C@@H](OC(=O)[C@H](O)[C@@H](NC(=O)OC(C)(C)C)c4ccccc4)C[C@@](O)([C@@H](OC(=O)c4ccccc4)[C@H]23)C1(C)C. The Labute approximate surface area is 330 Å². The molecule has 2 aromatic rings. The summed E-state index contributed by atoms with van der Waals surface area (Å²) in [5, 5.41) is 39.8. The van der Waals surface area contributed by atoms with Gasteiger partial charge in [-0.2, -0.15) is 0 Å². The summed E-state index contributed by atoms with van der Waals surface area (Å²) in [6, 6.07) is 15.0. The zero-order valence-electron chi connectivity index (χ0n) is 33.1. The zero-order valence-corrected chi connectivity index (χ0v) is 33.1. The van der Waals surface area contributed by atoms with Gasteiger partial charge < -0.3 is 44.3 Å². The van der Waals surface area contributed by atoms with Crippen molar-refractivity contribution in [2.24, 2.45) is 22.7 Å². The van der Waals surface area contributed by atoms with E-state index in [-0.39, 0.29) is 35.7 Å². The average molecular weight is 790 g/mol. The van der Waals surface area contributed by atoms with E-state index in [4.69, 9.17) is 23.7 Å². The normalized spacial score (nSPS) is 34.6. The van der Waals surface area contributed by atoms with Crippen LogP contribution in [0.3, 0.4) is 0 Å². The molecule has 5 aliphatic rings. The third kappa shape index (κ3) is 6.54. The Balaban J connectivity index is 1.32. The first-order valence-electron chi connectivity index (χ1n) is 19.3. The Kier molecular flexibility index (Phi) is 9.99. The number of amides is 1. The molecule has 2 aromatic carbocycles. The number of fused-ring (bicyclic) bond motifs is 4. The van der Waals surface area contributed by atoms with Gasteiger partial charge in [-0.25, -0.2) is 14.4 Å². The fourth-order valence-corrected chi connectivity index (χ4v) is 10.2. The lowest BCUT2D eigenvalue weighted by molar-refractivity contribution is -0.323. The molecule has 1 unspecified atom stereocenters. The van der Waals surface area contributed by atoms with Gasteiger partial charge in [-0.1, -0.05) is 62.4 Å². The first-order valence-corrected chi connectivity index (χ1v) is 19.3. The van der Waals surface area contributed by atoms with Crippen LogP contribution in [0.2, 0.25) is 0 Å². The Morgan fingerprint density at radius 2 is 1.60 bits per heavy atom. The van der Waals surface area contributed by atoms with Gasteiger partial charge >= 0.3 is 24.0 Å². The summed E-state index contributed by atoms with van der Waals surface area (Å²) in [6.45, 7) is 10.9. The molecule has 4 N–H and O–H groups in total. The number of hydrogen-bond acceptors (Lipinski definition) is 13. The molecule has 7 rings (SSSR count). The van der Waals surface area contributed by atoms with E-state index in [9.17, 15) is 39.3 Å². The van der Waals surface area contributed by atoms with Crippen molar-refractivity contribution in [1.29, 1.82) is 0 Å². The fourth-order valence-electron chi connectivity index (χ4n) is 10.2. The molecule has 14 heteroatoms. The molecule has 0 aromatic heterocycles. The van der Waals surface area contributed by atoms with Crippen LogP contribution in [0.15, 0.2) is 71.8 Å². The van der Waals surface area contributed by atoms with Crippen molar-refractivity contribution in [3.63, 3.8) is 0 Å². The monoisotopic (exact) mass is 789 g/mol. The number of esters is 3. The van der Waals surface area contributed by atoms with Gasteiger partial charge in [0.1, 0.15) is 35.6 Å². The van der Waals surface area contributed by atoms with Crippen molar-refractivity contribution in [3.8, 4) is 0 Å². The highest BCUT2D eigenvalue weighted by Crippen LogP contribution is 2.74. The van der Waals surface area contributed by atoms with Crippen molar-refractivity contribution < 1.29 is 63.0 Å². The van der Waals surface area contributed by atoms with Gasteiger partial charge in [0.2, 0.25) is 0 Å². The Morgan fingerprint density at radius 1 is 0.965 bits per heavy atom. The lowest BCUT2D eigenvalue weighted by Gasteiger charge is -2.64. The standard InChI is InChI=1S/C43H51NO13/c1-22-27(54-37(50)32(47)30(24-14-10-8-11-15-24)44-38(51)57-39(3,4)5)20-43(52)35(55-36(49)25-16-12-9-13-17-25)33-41(34(48)31(46)29(22)40(43,6)7)19-26(41)18-28-42(33,21-53-28)56-23(2)45/h8-17,26-28,30-33,35,46-47,52H,18-21H2,1-7H3,(H,44,51)/t26?,27-,28+,30-,31+,32+,33-,35-,41+,42-,43+/m0/s1. The number of aliphatic hydroxyl groups is 3. The Bertz CT molecular complexity index is 1990. The highest BCUT2D eigenvalue weighted by molar-refractivity contribution is 5.96. The lowest BCUT2D eigenvalue weighted by Crippen LogP contribution is -2.78. The summed E-state index contributed by atoms with van der Waals surface area (Å²) in [5.74, 6) is -4.77. The van der Waals surface area contributed by atoms with E-state index in [0.717, 1.165) is 0 Å². The summed E-state index contributed by atoms with van der Waals surface area (Å²) in [4.78, 5) is 68.9. The van der Waals surface area contributed by atoms with Crippen LogP contribution in [0.5, 0.6) is 0 Å². The molecular weight excluding hydrogens is 738 g/mol. The van der Waals surface area contributed by atoms with Crippen LogP contribution < -0.4 is 5.32 Å². The number of carbonyl (C=O) groups excluding carboxylic acids is 5. The van der Waals surface area contributed by atoms with Crippen molar-refractivity contribution in [3.05, 3.63) is 82.9 Å². The number of benzene rings is 2. The summed E-state index contributed by atoms with van der Waals surface area (Å²) >= 11 is 0. The van der Waals surface area contributed by atoms with Gasteiger partial charge in [-0.15, -0.1) is 0 Å². The van der Waals surface area contributed by atoms with E-state index in [0.29, 0.717) is 12.0 Å². The Hall–Kier alpha value is -4.63. The average Bonchev–Trinajstić information content (AvgIpc) is 3.87. The molecule has 0 radical (unpaired) electrons. The van der Waals surface area contributed by atoms with Crippen molar-refractivity contribution >= 4 is 29.8 Å². The second kappa shape index (κ2) is 14.0. The minimum atomic E-state index is -2.20. The first-order chi connectivity index (χ1) is 26.7. The number of Topliss-reactive ketones (excluding diaryl/α,β-unsaturated/α-hetero) is 1. The molecule has 14 nitrogen and oxygen atoms in total. The number of ether oxygens (including phenoxy) is 5. The van der Waals surface area contributed by atoms with Crippen molar-refractivity contribution in [2.75, 3.05) is 6.61 Å². The maximum Gasteiger partial charge on any atom is 0.408 e. The fraction of sp³-hybridized carbons (Fsp3) is 0.558. The summed E-state index contributed by atoms with van der Waals surface area (Å²) < 4.78 is 29.9. The first kappa shape index (κ1) is 40.6. The van der Waals surface area contributed by atoms with Crippen LogP contribution in [0.1, 0.15) is 89.7 Å². The number of ketones is 1. The predicted octanol–water partition coefficient (Wildman–Crippen LogP) is 3.90. The lowest BCUT2D eigenvalue weighted by atomic mass is 9.48. The third-order valence-corrected chi connectivity index (χ3v) is 12.9. The molecule has 306 valence electrons. The number of carbonyl (C=O) groups is 5. The van der Waals surface area contributed by atoms with Crippen LogP contribution in [-0.2, 0) is 38.1 Å². The molecule has 4 fully saturated rings. The highest BCUT2D eigenvalue weighted by Gasteiger charge is 2.83. The minimum absolute atomic E-state index is 0.0767. The van der Waals surface area contributed by atoms with Gasteiger partial charge in [0.05, 0.1) is 24.1 Å². The molecular formula is C43H51NO13. The van der Waals surface area contributed by atoms with Crippen molar-refractivity contribution in [2.45, 2.75) is 121 Å². The summed E-state index contributed by atoms with van der Waals surface area (Å²) in [5.41, 5.74) is -6.63. The molecule has 2 bridgehead atoms. The van der Waals surface area contributed by atoms with Gasteiger partial charge in [0.25, 0.3) is 0 Å². The van der Waals surface area contributed by atoms with E-state index in [1.165, 1.54) is 6.92 Å². The second-order valence-corrected chi connectivity index (χ2v) is 17.7. The highest BCUT2D eigenvalue weighted by atomic mass is 16.6. The van der Waals surface area contributed by atoms with Crippen LogP contribution in [0.4, 0.5) is 4.79 Å². The van der Waals surface area contributed by atoms with Crippen LogP contribution in [0.25, 0.3) is 0 Å². The second-order valence-electron chi connectivity index (χ2n) is 17.7. The van der Waals surface area contributed by atoms with Crippen LogP contribution in [0, 0.1) is 22.7 Å². The summed E-state index contributed by atoms with van der Waals surface area (Å²) in [7, 11) is 0. The summed E-state index contributed by atoms with van der Waals surface area (Å²) in [6.07, 6.45) is -8.14. The molecule has 11 atom stereocenters. The zero-order chi connectivity index (χ0) is 41.5. The largest absolute Gasteiger partial charge is 0.456 e. The number of aliphatic hydroxyl groups excluding tert-OH is 2. The molecule has 57 heavy (non-hydrogen) atoms. The molecule has 1 heterocycles. The topological polar surface area (TPSA) is 204 Å². The number of hydrogen-bond donors (Lipinski definition) is 4. The van der Waals surface area contributed by atoms with Crippen LogP contribution in [-0.4, -0.2) is 99.0 Å². The van der Waals surface area contributed by atoms with Gasteiger partial charge in [-0.3, -0.25) is 9.59 Å². The maximum absolute atomic E-state index is 14.9. The van der Waals surface area contributed by atoms with Crippen LogP contribution >= 0.6 is 0 Å². The van der Waals surface area contributed by atoms with E-state index in [1.54, 1.807) is 102 Å². The number of nitrogens with one attached hydrogen (secondary N) is 1. The number of rotatable bonds is 8. The third-order valence-electron chi connectivity index (χ3n) is 12.9. The van der Waals surface area contributed by atoms with E-state index < -0.39 is 106 Å².